The van der Waals surface area contributed by atoms with Crippen molar-refractivity contribution in [1.82, 2.24) is 0 Å². The number of carbonyl (C=O) groups excluding carboxylic acids is 1. The van der Waals surface area contributed by atoms with Crippen LogP contribution in [-0.4, -0.2) is 32.0 Å². The van der Waals surface area contributed by atoms with Gasteiger partial charge in [0.1, 0.15) is 5.75 Å². The van der Waals surface area contributed by atoms with Crippen molar-refractivity contribution in [2.75, 3.05) is 12.4 Å². The smallest absolute Gasteiger partial charge is 0.324 e. The van der Waals surface area contributed by atoms with Crippen molar-refractivity contribution in [3.63, 3.8) is 0 Å². The van der Waals surface area contributed by atoms with E-state index < -0.39 is 26.8 Å². The van der Waals surface area contributed by atoms with Crippen LogP contribution in [0.25, 0.3) is 0 Å². The number of hydrogen-bond donors (Lipinski definition) is 0. The summed E-state index contributed by atoms with van der Waals surface area (Å²) in [6.07, 6.45) is 1.57. The predicted octanol–water partition coefficient (Wildman–Crippen LogP) is 0.657. The number of nitrogens with zero attached hydrogens (tertiary/aromatic N) is 1. The van der Waals surface area contributed by atoms with Crippen LogP contribution in [0.3, 0.4) is 0 Å². The lowest BCUT2D eigenvalue weighted by molar-refractivity contribution is -0.142. The molecule has 0 N–H and O–H groups in total. The number of rotatable bonds is 6. The Bertz CT molecular complexity index is 342. The van der Waals surface area contributed by atoms with E-state index in [0.29, 0.717) is 6.42 Å². The average molecular weight is 233 g/mol. The van der Waals surface area contributed by atoms with Crippen molar-refractivity contribution >= 4 is 15.8 Å². The zero-order chi connectivity index (χ0) is 11.9. The number of esters is 1. The van der Waals surface area contributed by atoms with E-state index in [1.54, 1.807) is 0 Å². The van der Waals surface area contributed by atoms with Crippen LogP contribution in [0.2, 0.25) is 0 Å². The number of ether oxygens (including phenoxy) is 1. The molecule has 0 aliphatic rings. The van der Waals surface area contributed by atoms with Gasteiger partial charge in [-0.3, -0.25) is 4.79 Å². The van der Waals surface area contributed by atoms with Crippen LogP contribution >= 0.6 is 0 Å². The van der Waals surface area contributed by atoms with Gasteiger partial charge in [0.2, 0.25) is 0 Å². The first kappa shape index (κ1) is 13.9. The molecule has 0 aromatic rings. The molecule has 0 heterocycles. The molecular weight excluding hydrogens is 218 g/mol. The van der Waals surface area contributed by atoms with E-state index >= 15 is 0 Å². The Balaban J connectivity index is 4.27. The maximum absolute atomic E-state index is 11.3. The first-order valence-electron chi connectivity index (χ1n) is 4.70. The fourth-order valence-electron chi connectivity index (χ4n) is 0.796. The summed E-state index contributed by atoms with van der Waals surface area (Å²) in [7, 11) is -3.68. The fraction of sp³-hybridized carbons (Fsp3) is 0.778. The summed E-state index contributed by atoms with van der Waals surface area (Å²) in [4.78, 5) is 11.2. The highest BCUT2D eigenvalue weighted by molar-refractivity contribution is 7.92. The van der Waals surface area contributed by atoms with E-state index in [1.807, 2.05) is 6.92 Å². The Morgan fingerprint density at radius 2 is 2.13 bits per heavy atom. The van der Waals surface area contributed by atoms with Gasteiger partial charge in [-0.05, 0) is 13.3 Å². The molecule has 0 bridgehead atoms. The van der Waals surface area contributed by atoms with Crippen molar-refractivity contribution in [2.45, 2.75) is 31.9 Å². The molecule has 0 aromatic carbocycles. The average Bonchev–Trinajstić information content (AvgIpc) is 2.16. The van der Waals surface area contributed by atoms with E-state index in [-0.39, 0.29) is 6.61 Å². The van der Waals surface area contributed by atoms with E-state index in [2.05, 4.69) is 0 Å². The highest BCUT2D eigenvalue weighted by atomic mass is 32.2. The molecule has 1 unspecified atom stereocenters. The number of carbonyl (C=O) groups is 1. The van der Waals surface area contributed by atoms with E-state index in [4.69, 9.17) is 10.00 Å². The number of nitriles is 1. The first-order valence-corrected chi connectivity index (χ1v) is 6.42. The fourth-order valence-corrected chi connectivity index (χ4v) is 1.59. The number of unbranched alkanes of at least 4 members (excludes halogenated alkanes) is 1. The Morgan fingerprint density at radius 3 is 2.60 bits per heavy atom. The highest BCUT2D eigenvalue weighted by Crippen LogP contribution is 2.04. The standard InChI is InChI=1S/C9H15NO4S/c1-3-4-6-14-9(11)8(2)15(12,13)7-5-10/h8H,3-4,6-7H2,1-2H3. The van der Waals surface area contributed by atoms with Crippen LogP contribution in [0.4, 0.5) is 0 Å². The molecule has 0 saturated carbocycles. The Kier molecular flexibility index (Phi) is 5.94. The second kappa shape index (κ2) is 6.40. The van der Waals surface area contributed by atoms with Gasteiger partial charge in [0.25, 0.3) is 0 Å². The Labute approximate surface area is 90.0 Å². The summed E-state index contributed by atoms with van der Waals surface area (Å²) in [6, 6.07) is 1.52. The van der Waals surface area contributed by atoms with Crippen molar-refractivity contribution in [3.05, 3.63) is 0 Å². The summed E-state index contributed by atoms with van der Waals surface area (Å²) < 4.78 is 27.3. The summed E-state index contributed by atoms with van der Waals surface area (Å²) in [5.74, 6) is -1.43. The molecule has 0 rings (SSSR count). The number of hydrogen-bond acceptors (Lipinski definition) is 5. The zero-order valence-electron chi connectivity index (χ0n) is 8.89. The quantitative estimate of drug-likeness (QED) is 0.497. The van der Waals surface area contributed by atoms with Gasteiger partial charge in [-0.2, -0.15) is 5.26 Å². The molecule has 0 aromatic heterocycles. The molecule has 5 nitrogen and oxygen atoms in total. The van der Waals surface area contributed by atoms with E-state index in [9.17, 15) is 13.2 Å². The van der Waals surface area contributed by atoms with Gasteiger partial charge in [-0.15, -0.1) is 0 Å². The Morgan fingerprint density at radius 1 is 1.53 bits per heavy atom. The SMILES string of the molecule is CCCCOC(=O)C(C)S(=O)(=O)CC#N. The maximum atomic E-state index is 11.3. The van der Waals surface area contributed by atoms with Crippen molar-refractivity contribution in [3.8, 4) is 6.07 Å². The van der Waals surface area contributed by atoms with Crippen molar-refractivity contribution in [2.24, 2.45) is 0 Å². The molecule has 0 radical (unpaired) electrons. The third-order valence-electron chi connectivity index (χ3n) is 1.88. The molecule has 0 aliphatic carbocycles. The van der Waals surface area contributed by atoms with Gasteiger partial charge in [0.05, 0.1) is 12.7 Å². The third kappa shape index (κ3) is 4.79. The van der Waals surface area contributed by atoms with Gasteiger partial charge in [-0.25, -0.2) is 8.42 Å². The first-order chi connectivity index (χ1) is 6.95. The predicted molar refractivity (Wildman–Crippen MR) is 54.7 cm³/mol. The second-order valence-electron chi connectivity index (χ2n) is 3.13. The summed E-state index contributed by atoms with van der Waals surface area (Å²) in [6.45, 7) is 3.40. The van der Waals surface area contributed by atoms with Crippen molar-refractivity contribution < 1.29 is 17.9 Å². The number of sulfone groups is 1. The molecule has 15 heavy (non-hydrogen) atoms. The minimum atomic E-state index is -3.68. The lowest BCUT2D eigenvalue weighted by atomic mass is 10.4. The monoisotopic (exact) mass is 233 g/mol. The minimum absolute atomic E-state index is 0.224. The van der Waals surface area contributed by atoms with Crippen LogP contribution in [-0.2, 0) is 19.4 Å². The van der Waals surface area contributed by atoms with Gasteiger partial charge < -0.3 is 4.74 Å². The summed E-state index contributed by atoms with van der Waals surface area (Å²) >= 11 is 0. The van der Waals surface area contributed by atoms with Gasteiger partial charge >= 0.3 is 5.97 Å². The van der Waals surface area contributed by atoms with Crippen LogP contribution in [0, 0.1) is 11.3 Å². The lowest BCUT2D eigenvalue weighted by Crippen LogP contribution is -2.31. The molecule has 0 saturated heterocycles. The highest BCUT2D eigenvalue weighted by Gasteiger charge is 2.28. The summed E-state index contributed by atoms with van der Waals surface area (Å²) in [5.41, 5.74) is 0. The van der Waals surface area contributed by atoms with E-state index in [1.165, 1.54) is 13.0 Å². The molecule has 86 valence electrons. The zero-order valence-corrected chi connectivity index (χ0v) is 9.71. The largest absolute Gasteiger partial charge is 0.465 e. The molecule has 6 heteroatoms. The van der Waals surface area contributed by atoms with Gasteiger partial charge in [0.15, 0.2) is 15.1 Å². The summed E-state index contributed by atoms with van der Waals surface area (Å²) in [5, 5.41) is 7.01. The van der Waals surface area contributed by atoms with Crippen LogP contribution in [0.5, 0.6) is 0 Å². The van der Waals surface area contributed by atoms with Gasteiger partial charge in [0, 0.05) is 0 Å². The lowest BCUT2D eigenvalue weighted by Gasteiger charge is -2.09. The maximum Gasteiger partial charge on any atom is 0.324 e. The Hall–Kier alpha value is -1.09. The molecule has 0 fully saturated rings. The van der Waals surface area contributed by atoms with Crippen LogP contribution < -0.4 is 0 Å². The molecule has 1 atom stereocenters. The third-order valence-corrected chi connectivity index (χ3v) is 3.68. The molecule has 0 amide bonds. The molecule has 0 aliphatic heterocycles. The normalized spacial score (nSPS) is 12.9. The molecule has 0 spiro atoms. The topological polar surface area (TPSA) is 84.2 Å². The van der Waals surface area contributed by atoms with Crippen LogP contribution in [0.1, 0.15) is 26.7 Å². The minimum Gasteiger partial charge on any atom is -0.465 e. The van der Waals surface area contributed by atoms with E-state index in [0.717, 1.165) is 6.42 Å². The van der Waals surface area contributed by atoms with Crippen LogP contribution in [0.15, 0.2) is 0 Å². The molecular formula is C9H15NO4S. The second-order valence-corrected chi connectivity index (χ2v) is 5.45. The van der Waals surface area contributed by atoms with Crippen molar-refractivity contribution in [1.29, 1.82) is 5.26 Å². The van der Waals surface area contributed by atoms with Gasteiger partial charge in [-0.1, -0.05) is 13.3 Å².